The van der Waals surface area contributed by atoms with Gasteiger partial charge in [0.15, 0.2) is 11.3 Å². The van der Waals surface area contributed by atoms with Gasteiger partial charge in [0.1, 0.15) is 16.2 Å². The fraction of sp³-hybridized carbons (Fsp3) is 0.300. The fourth-order valence-corrected chi connectivity index (χ4v) is 5.13. The molecule has 0 amide bonds. The third kappa shape index (κ3) is 3.56. The molecule has 3 heterocycles. The average molecular weight is 456 g/mol. The lowest BCUT2D eigenvalue weighted by atomic mass is 10.2. The molecule has 0 unspecified atom stereocenters. The Morgan fingerprint density at radius 1 is 1.25 bits per heavy atom. The first-order valence-corrected chi connectivity index (χ1v) is 11.7. The highest BCUT2D eigenvalue weighted by atomic mass is 32.2. The Labute approximate surface area is 183 Å². The maximum Gasteiger partial charge on any atom is 0.322 e. The second-order valence-electron chi connectivity index (χ2n) is 7.41. The molecule has 0 spiro atoms. The second kappa shape index (κ2) is 7.88. The Morgan fingerprint density at radius 2 is 2.12 bits per heavy atom. The molecule has 12 heteroatoms. The Hall–Kier alpha value is -3.51. The topological polar surface area (TPSA) is 137 Å². The molecule has 5 rings (SSSR count). The summed E-state index contributed by atoms with van der Waals surface area (Å²) >= 11 is 0. The molecule has 2 aromatic carbocycles. The highest BCUT2D eigenvalue weighted by Crippen LogP contribution is 2.30. The number of nitrogens with one attached hydrogen (secondary N) is 2. The number of benzene rings is 2. The van der Waals surface area contributed by atoms with Crippen LogP contribution in [0.1, 0.15) is 31.3 Å². The monoisotopic (exact) mass is 455 g/mol. The lowest BCUT2D eigenvalue weighted by Crippen LogP contribution is -2.29. The Balaban J connectivity index is 1.40. The van der Waals surface area contributed by atoms with Crippen LogP contribution in [0.2, 0.25) is 0 Å². The third-order valence-corrected chi connectivity index (χ3v) is 6.89. The molecule has 0 bridgehead atoms. The Kier molecular flexibility index (Phi) is 5.02. The summed E-state index contributed by atoms with van der Waals surface area (Å²) in [7, 11) is -3.93. The largest absolute Gasteiger partial charge is 0.424 e. The first-order valence-electron chi connectivity index (χ1n) is 10.2. The van der Waals surface area contributed by atoms with E-state index >= 15 is 0 Å². The van der Waals surface area contributed by atoms with Crippen molar-refractivity contribution in [1.29, 1.82) is 0 Å². The molecule has 0 saturated carbocycles. The van der Waals surface area contributed by atoms with Gasteiger partial charge in [-0.1, -0.05) is 17.2 Å². The number of anilines is 1. The SMILES string of the molecule is CCn1c(Oc2ccc3c(c2)NCC3)nnc1[C@@H](C)NS(=O)(=O)c1cccc2nonc12. The van der Waals surface area contributed by atoms with Crippen LogP contribution in [0.5, 0.6) is 11.8 Å². The molecule has 2 N–H and O–H groups in total. The van der Waals surface area contributed by atoms with Crippen LogP contribution < -0.4 is 14.8 Å². The highest BCUT2D eigenvalue weighted by molar-refractivity contribution is 7.89. The minimum atomic E-state index is -3.93. The van der Waals surface area contributed by atoms with Crippen LogP contribution in [-0.4, -0.2) is 40.0 Å². The first kappa shape index (κ1) is 20.4. The van der Waals surface area contributed by atoms with Gasteiger partial charge in [-0.25, -0.2) is 17.8 Å². The summed E-state index contributed by atoms with van der Waals surface area (Å²) in [5.74, 6) is 1.06. The van der Waals surface area contributed by atoms with E-state index in [2.05, 4.69) is 35.2 Å². The molecule has 166 valence electrons. The first-order chi connectivity index (χ1) is 15.5. The van der Waals surface area contributed by atoms with Gasteiger partial charge in [-0.15, -0.1) is 5.10 Å². The van der Waals surface area contributed by atoms with E-state index in [4.69, 9.17) is 4.74 Å². The van der Waals surface area contributed by atoms with E-state index in [-0.39, 0.29) is 16.4 Å². The smallest absolute Gasteiger partial charge is 0.322 e. The maximum atomic E-state index is 13.0. The van der Waals surface area contributed by atoms with Gasteiger partial charge in [0, 0.05) is 24.8 Å². The predicted molar refractivity (Wildman–Crippen MR) is 115 cm³/mol. The second-order valence-corrected chi connectivity index (χ2v) is 9.10. The van der Waals surface area contributed by atoms with Gasteiger partial charge in [0.05, 0.1) is 6.04 Å². The summed E-state index contributed by atoms with van der Waals surface area (Å²) < 4.78 is 41.0. The van der Waals surface area contributed by atoms with Crippen molar-refractivity contribution in [2.24, 2.45) is 0 Å². The zero-order valence-corrected chi connectivity index (χ0v) is 18.3. The number of hydrogen-bond donors (Lipinski definition) is 2. The molecule has 1 aliphatic rings. The number of fused-ring (bicyclic) bond motifs is 2. The van der Waals surface area contributed by atoms with E-state index < -0.39 is 16.1 Å². The molecule has 2 aromatic heterocycles. The lowest BCUT2D eigenvalue weighted by molar-refractivity contribution is 0.315. The van der Waals surface area contributed by atoms with E-state index in [1.165, 1.54) is 11.6 Å². The molecule has 0 fully saturated rings. The van der Waals surface area contributed by atoms with E-state index in [1.54, 1.807) is 23.6 Å². The molecule has 0 aliphatic carbocycles. The summed E-state index contributed by atoms with van der Waals surface area (Å²) in [5.41, 5.74) is 2.81. The van der Waals surface area contributed by atoms with Crippen molar-refractivity contribution in [2.45, 2.75) is 37.8 Å². The predicted octanol–water partition coefficient (Wildman–Crippen LogP) is 2.63. The van der Waals surface area contributed by atoms with E-state index in [0.717, 1.165) is 18.7 Å². The fourth-order valence-electron chi connectivity index (χ4n) is 3.78. The summed E-state index contributed by atoms with van der Waals surface area (Å²) in [4.78, 5) is -0.0206. The summed E-state index contributed by atoms with van der Waals surface area (Å²) in [6, 6.07) is 10.1. The molecule has 0 radical (unpaired) electrons. The molecule has 11 nitrogen and oxygen atoms in total. The van der Waals surface area contributed by atoms with Crippen molar-refractivity contribution in [3.63, 3.8) is 0 Å². The number of aromatic nitrogens is 5. The molecule has 1 aliphatic heterocycles. The quantitative estimate of drug-likeness (QED) is 0.431. The van der Waals surface area contributed by atoms with Crippen molar-refractivity contribution >= 4 is 26.7 Å². The van der Waals surface area contributed by atoms with Crippen molar-refractivity contribution in [3.05, 3.63) is 47.8 Å². The molecule has 4 aromatic rings. The standard InChI is InChI=1S/C20H21N7O4S/c1-3-27-19(22-23-20(27)30-14-8-7-13-9-10-21-16(13)11-14)12(2)26-32(28,29)17-6-4-5-15-18(17)25-31-24-15/h4-8,11-12,21,26H,3,9-10H2,1-2H3/t12-/m1/s1. The van der Waals surface area contributed by atoms with Crippen molar-refractivity contribution in [3.8, 4) is 11.8 Å². The summed E-state index contributed by atoms with van der Waals surface area (Å²) in [6.45, 7) is 5.00. The average Bonchev–Trinajstić information content (AvgIpc) is 3.51. The van der Waals surface area contributed by atoms with E-state index in [9.17, 15) is 8.42 Å². The number of hydrogen-bond acceptors (Lipinski definition) is 9. The van der Waals surface area contributed by atoms with Crippen LogP contribution in [-0.2, 0) is 23.0 Å². The minimum Gasteiger partial charge on any atom is -0.424 e. The molecule has 0 saturated heterocycles. The normalized spacial score (nSPS) is 14.3. The number of sulfonamides is 1. The van der Waals surface area contributed by atoms with Crippen LogP contribution in [0.25, 0.3) is 11.0 Å². The highest BCUT2D eigenvalue weighted by Gasteiger charge is 2.26. The van der Waals surface area contributed by atoms with Gasteiger partial charge < -0.3 is 10.1 Å². The van der Waals surface area contributed by atoms with E-state index in [0.29, 0.717) is 23.6 Å². The van der Waals surface area contributed by atoms with Gasteiger partial charge in [0.25, 0.3) is 0 Å². The third-order valence-electron chi connectivity index (χ3n) is 5.32. The number of ether oxygens (including phenoxy) is 1. The van der Waals surface area contributed by atoms with E-state index in [1.807, 2.05) is 25.1 Å². The van der Waals surface area contributed by atoms with Crippen LogP contribution >= 0.6 is 0 Å². The van der Waals surface area contributed by atoms with Gasteiger partial charge in [-0.3, -0.25) is 4.57 Å². The summed E-state index contributed by atoms with van der Waals surface area (Å²) in [5, 5.41) is 19.0. The minimum absolute atomic E-state index is 0.0206. The van der Waals surface area contributed by atoms with Gasteiger partial charge >= 0.3 is 6.01 Å². The number of rotatable bonds is 7. The van der Waals surface area contributed by atoms with Crippen LogP contribution in [0.4, 0.5) is 5.69 Å². The van der Waals surface area contributed by atoms with Crippen molar-refractivity contribution in [2.75, 3.05) is 11.9 Å². The maximum absolute atomic E-state index is 13.0. The zero-order chi connectivity index (χ0) is 22.3. The zero-order valence-electron chi connectivity index (χ0n) is 17.4. The molecular formula is C20H21N7O4S. The Morgan fingerprint density at radius 3 is 2.97 bits per heavy atom. The van der Waals surface area contributed by atoms with Crippen LogP contribution in [0, 0.1) is 0 Å². The molecule has 1 atom stereocenters. The summed E-state index contributed by atoms with van der Waals surface area (Å²) in [6.07, 6.45) is 0.987. The molecule has 32 heavy (non-hydrogen) atoms. The van der Waals surface area contributed by atoms with Crippen LogP contribution in [0.15, 0.2) is 45.9 Å². The van der Waals surface area contributed by atoms with Crippen LogP contribution in [0.3, 0.4) is 0 Å². The molecular weight excluding hydrogens is 434 g/mol. The number of nitrogens with zero attached hydrogens (tertiary/aromatic N) is 5. The van der Waals surface area contributed by atoms with Crippen molar-refractivity contribution in [1.82, 2.24) is 29.8 Å². The Bertz CT molecular complexity index is 1400. The lowest BCUT2D eigenvalue weighted by Gasteiger charge is -2.15. The van der Waals surface area contributed by atoms with Gasteiger partial charge in [0.2, 0.25) is 10.0 Å². The van der Waals surface area contributed by atoms with Crippen molar-refractivity contribution < 1.29 is 17.8 Å². The van der Waals surface area contributed by atoms with Gasteiger partial charge in [-0.05, 0) is 54.3 Å². The van der Waals surface area contributed by atoms with Gasteiger partial charge in [-0.2, -0.15) is 0 Å².